The molecule has 0 aliphatic carbocycles. The minimum absolute atomic E-state index is 0.0996. The van der Waals surface area contributed by atoms with E-state index in [1.165, 1.54) is 0 Å². The predicted molar refractivity (Wildman–Crippen MR) is 69.4 cm³/mol. The van der Waals surface area contributed by atoms with Crippen molar-refractivity contribution in [3.05, 3.63) is 35.4 Å². The lowest BCUT2D eigenvalue weighted by molar-refractivity contribution is 0.0343. The van der Waals surface area contributed by atoms with Crippen molar-refractivity contribution in [1.82, 2.24) is 4.90 Å². The highest BCUT2D eigenvalue weighted by Gasteiger charge is 2.40. The first-order valence-electron chi connectivity index (χ1n) is 6.96. The van der Waals surface area contributed by atoms with Gasteiger partial charge in [-0.25, -0.2) is 8.78 Å². The Morgan fingerprint density at radius 3 is 2.55 bits per heavy atom. The number of rotatable bonds is 3. The van der Waals surface area contributed by atoms with E-state index in [2.05, 4.69) is 0 Å². The van der Waals surface area contributed by atoms with Crippen LogP contribution in [0, 0.1) is 11.6 Å². The first kappa shape index (κ1) is 13.6. The molecule has 2 heterocycles. The molecule has 3 rings (SSSR count). The van der Waals surface area contributed by atoms with Crippen LogP contribution in [0.2, 0.25) is 0 Å². The van der Waals surface area contributed by atoms with Crippen LogP contribution in [0.25, 0.3) is 0 Å². The van der Waals surface area contributed by atoms with Gasteiger partial charge in [0.25, 0.3) is 0 Å². The van der Waals surface area contributed by atoms with Crippen LogP contribution in [0.15, 0.2) is 18.2 Å². The van der Waals surface area contributed by atoms with Gasteiger partial charge in [0, 0.05) is 12.1 Å². The van der Waals surface area contributed by atoms with Gasteiger partial charge in [-0.1, -0.05) is 0 Å². The van der Waals surface area contributed by atoms with Crippen LogP contribution in [0.5, 0.6) is 0 Å². The lowest BCUT2D eigenvalue weighted by Crippen LogP contribution is -2.47. The number of nitrogens with zero attached hydrogens (tertiary/aromatic N) is 1. The monoisotopic (exact) mass is 281 g/mol. The van der Waals surface area contributed by atoms with Crippen LogP contribution in [0.1, 0.15) is 36.0 Å². The van der Waals surface area contributed by atoms with Crippen LogP contribution in [0.4, 0.5) is 8.78 Å². The van der Waals surface area contributed by atoms with Gasteiger partial charge in [0.1, 0.15) is 11.6 Å². The maximum atomic E-state index is 13.6. The fourth-order valence-corrected chi connectivity index (χ4v) is 3.47. The molecule has 0 aromatic heterocycles. The van der Waals surface area contributed by atoms with Crippen molar-refractivity contribution in [1.29, 1.82) is 0 Å². The molecule has 0 saturated carbocycles. The first-order chi connectivity index (χ1) is 9.54. The van der Waals surface area contributed by atoms with Crippen molar-refractivity contribution in [3.63, 3.8) is 0 Å². The van der Waals surface area contributed by atoms with E-state index in [0.717, 1.165) is 31.0 Å². The number of piperidine rings is 1. The van der Waals surface area contributed by atoms with Gasteiger partial charge in [-0.3, -0.25) is 9.69 Å². The smallest absolute Gasteiger partial charge is 0.179 e. The molecular formula is C15H17F2NO2. The van der Waals surface area contributed by atoms with Crippen LogP contribution in [-0.4, -0.2) is 40.5 Å². The van der Waals surface area contributed by atoms with Crippen molar-refractivity contribution in [2.24, 2.45) is 0 Å². The Balaban J connectivity index is 1.75. The summed E-state index contributed by atoms with van der Waals surface area (Å²) in [5.41, 5.74) is -0.185. The Morgan fingerprint density at radius 2 is 1.90 bits per heavy atom. The van der Waals surface area contributed by atoms with Gasteiger partial charge in [-0.15, -0.1) is 0 Å². The summed E-state index contributed by atoms with van der Waals surface area (Å²) in [4.78, 5) is 14.2. The average Bonchev–Trinajstić information content (AvgIpc) is 2.64. The van der Waals surface area contributed by atoms with Crippen LogP contribution in [0.3, 0.4) is 0 Å². The summed E-state index contributed by atoms with van der Waals surface area (Å²) in [6.45, 7) is 0.0996. The van der Waals surface area contributed by atoms with E-state index < -0.39 is 17.4 Å². The number of aliphatic hydroxyl groups is 1. The second kappa shape index (κ2) is 5.22. The SMILES string of the molecule is O=C(CN1C2CCC1CC(O)C2)c1cc(F)ccc1F. The number of Topliss-reactive ketones (excluding diaryl/α,β-unsaturated/α-hetero) is 1. The Kier molecular flexibility index (Phi) is 3.56. The summed E-state index contributed by atoms with van der Waals surface area (Å²) < 4.78 is 26.7. The molecule has 2 bridgehead atoms. The third kappa shape index (κ3) is 2.47. The van der Waals surface area contributed by atoms with Crippen molar-refractivity contribution in [2.75, 3.05) is 6.54 Å². The van der Waals surface area contributed by atoms with Gasteiger partial charge in [0.05, 0.1) is 18.2 Å². The molecule has 0 amide bonds. The molecule has 2 aliphatic heterocycles. The zero-order chi connectivity index (χ0) is 14.3. The Morgan fingerprint density at radius 1 is 1.25 bits per heavy atom. The lowest BCUT2D eigenvalue weighted by Gasteiger charge is -2.36. The molecule has 1 aromatic carbocycles. The number of hydrogen-bond donors (Lipinski definition) is 1. The normalized spacial score (nSPS) is 29.6. The summed E-state index contributed by atoms with van der Waals surface area (Å²) in [6.07, 6.45) is 2.94. The maximum Gasteiger partial charge on any atom is 0.179 e. The molecule has 0 radical (unpaired) electrons. The van der Waals surface area contributed by atoms with Gasteiger partial charge in [0.15, 0.2) is 5.78 Å². The molecule has 0 spiro atoms. The van der Waals surface area contributed by atoms with Crippen molar-refractivity contribution >= 4 is 5.78 Å². The van der Waals surface area contributed by atoms with Crippen molar-refractivity contribution in [3.8, 4) is 0 Å². The topological polar surface area (TPSA) is 40.5 Å². The quantitative estimate of drug-likeness (QED) is 0.863. The van der Waals surface area contributed by atoms with E-state index in [-0.39, 0.29) is 30.3 Å². The van der Waals surface area contributed by atoms with Gasteiger partial charge in [0.2, 0.25) is 0 Å². The molecule has 1 aromatic rings. The zero-order valence-corrected chi connectivity index (χ0v) is 11.1. The molecule has 5 heteroatoms. The number of fused-ring (bicyclic) bond motifs is 2. The second-order valence-corrected chi connectivity index (χ2v) is 5.73. The van der Waals surface area contributed by atoms with Crippen molar-refractivity contribution in [2.45, 2.75) is 43.9 Å². The van der Waals surface area contributed by atoms with E-state index in [0.29, 0.717) is 12.8 Å². The molecule has 20 heavy (non-hydrogen) atoms. The second-order valence-electron chi connectivity index (χ2n) is 5.73. The molecule has 1 N–H and O–H groups in total. The lowest BCUT2D eigenvalue weighted by atomic mass is 9.98. The molecule has 2 fully saturated rings. The van der Waals surface area contributed by atoms with E-state index in [1.807, 2.05) is 4.90 Å². The van der Waals surface area contributed by atoms with Crippen LogP contribution in [-0.2, 0) is 0 Å². The summed E-state index contributed by atoms with van der Waals surface area (Å²) >= 11 is 0. The third-order valence-electron chi connectivity index (χ3n) is 4.41. The number of carbonyl (C=O) groups excluding carboxylic acids is 1. The highest BCUT2D eigenvalue weighted by molar-refractivity contribution is 5.97. The fraction of sp³-hybridized carbons (Fsp3) is 0.533. The number of ketones is 1. The number of carbonyl (C=O) groups is 1. The maximum absolute atomic E-state index is 13.6. The fourth-order valence-electron chi connectivity index (χ4n) is 3.47. The Bertz CT molecular complexity index is 521. The number of halogens is 2. The van der Waals surface area contributed by atoms with Crippen LogP contribution >= 0.6 is 0 Å². The minimum atomic E-state index is -0.680. The summed E-state index contributed by atoms with van der Waals surface area (Å²) in [5, 5.41) is 9.72. The van der Waals surface area contributed by atoms with Gasteiger partial charge in [-0.05, 0) is 43.9 Å². The standard InChI is InChI=1S/C15H17F2NO2/c16-9-1-4-14(17)13(5-9)15(20)8-18-10-2-3-11(18)7-12(19)6-10/h1,4-5,10-12,19H,2-3,6-8H2. The van der Waals surface area contributed by atoms with E-state index >= 15 is 0 Å². The molecule has 2 atom stereocenters. The van der Waals surface area contributed by atoms with E-state index in [1.54, 1.807) is 0 Å². The summed E-state index contributed by atoms with van der Waals surface area (Å²) in [6, 6.07) is 3.32. The minimum Gasteiger partial charge on any atom is -0.393 e. The van der Waals surface area contributed by atoms with E-state index in [4.69, 9.17) is 0 Å². The van der Waals surface area contributed by atoms with Gasteiger partial charge >= 0.3 is 0 Å². The molecule has 108 valence electrons. The first-order valence-corrected chi connectivity index (χ1v) is 6.96. The molecule has 2 unspecified atom stereocenters. The Labute approximate surface area is 116 Å². The highest BCUT2D eigenvalue weighted by Crippen LogP contribution is 2.35. The number of hydrogen-bond acceptors (Lipinski definition) is 3. The molecule has 2 aliphatic rings. The Hall–Kier alpha value is -1.33. The summed E-state index contributed by atoms with van der Waals surface area (Å²) in [5.74, 6) is -1.68. The molecule has 2 saturated heterocycles. The summed E-state index contributed by atoms with van der Waals surface area (Å²) in [7, 11) is 0. The zero-order valence-electron chi connectivity index (χ0n) is 11.1. The van der Waals surface area contributed by atoms with Gasteiger partial charge < -0.3 is 5.11 Å². The number of aliphatic hydroxyl groups excluding tert-OH is 1. The average molecular weight is 281 g/mol. The van der Waals surface area contributed by atoms with Crippen LogP contribution < -0.4 is 0 Å². The molecular weight excluding hydrogens is 264 g/mol. The van der Waals surface area contributed by atoms with E-state index in [9.17, 15) is 18.7 Å². The van der Waals surface area contributed by atoms with Gasteiger partial charge in [-0.2, -0.15) is 0 Å². The highest BCUT2D eigenvalue weighted by atomic mass is 19.1. The van der Waals surface area contributed by atoms with Crippen molar-refractivity contribution < 1.29 is 18.7 Å². The molecule has 3 nitrogen and oxygen atoms in total. The largest absolute Gasteiger partial charge is 0.393 e. The predicted octanol–water partition coefficient (Wildman–Crippen LogP) is 2.14. The number of benzene rings is 1. The third-order valence-corrected chi connectivity index (χ3v) is 4.41.